The molecule has 6 atom stereocenters. The van der Waals surface area contributed by atoms with Gasteiger partial charge in [0.15, 0.2) is 0 Å². The van der Waals surface area contributed by atoms with E-state index in [1.807, 2.05) is 11.1 Å². The summed E-state index contributed by atoms with van der Waals surface area (Å²) < 4.78 is 10.3. The molecule has 2 aromatic heterocycles. The minimum atomic E-state index is -0.867. The molecular formula is C41H43N7O4. The van der Waals surface area contributed by atoms with E-state index >= 15 is 0 Å². The van der Waals surface area contributed by atoms with Gasteiger partial charge < -0.3 is 35.0 Å². The van der Waals surface area contributed by atoms with E-state index in [-0.39, 0.29) is 18.0 Å². The number of imidazole rings is 2. The van der Waals surface area contributed by atoms with Crippen LogP contribution in [0.2, 0.25) is 0 Å². The zero-order chi connectivity index (χ0) is 35.5. The number of carbonyl (C=O) groups excluding carboxylic acids is 2. The van der Waals surface area contributed by atoms with Crippen molar-refractivity contribution in [1.82, 2.24) is 35.5 Å². The maximum Gasteiger partial charge on any atom is 0.407 e. The van der Waals surface area contributed by atoms with Crippen LogP contribution in [0.3, 0.4) is 0 Å². The minimum Gasteiger partial charge on any atom is -0.453 e. The van der Waals surface area contributed by atoms with Crippen LogP contribution in [0.25, 0.3) is 55.0 Å². The van der Waals surface area contributed by atoms with Crippen molar-refractivity contribution in [1.29, 1.82) is 0 Å². The van der Waals surface area contributed by atoms with Crippen LogP contribution >= 0.6 is 0 Å². The molecule has 0 radical (unpaired) electrons. The minimum absolute atomic E-state index is 0.0952. The second kappa shape index (κ2) is 13.1. The van der Waals surface area contributed by atoms with Crippen LogP contribution in [0.1, 0.15) is 62.8 Å². The zero-order valence-corrected chi connectivity index (χ0v) is 29.6. The fraction of sp³-hybridized carbons (Fsp3) is 0.366. The molecular weight excluding hydrogens is 654 g/mol. The molecule has 4 aromatic carbocycles. The zero-order valence-electron chi connectivity index (χ0n) is 29.6. The number of aromatic nitrogens is 4. The summed E-state index contributed by atoms with van der Waals surface area (Å²) in [5, 5.41) is 10.9. The molecule has 0 unspecified atom stereocenters. The first-order valence-electron chi connectivity index (χ1n) is 18.3. The Labute approximate surface area is 301 Å². The quantitative estimate of drug-likeness (QED) is 0.132. The predicted octanol–water partition coefficient (Wildman–Crippen LogP) is 7.16. The van der Waals surface area contributed by atoms with Gasteiger partial charge in [-0.1, -0.05) is 42.5 Å². The number of carbonyl (C=O) groups is 2. The van der Waals surface area contributed by atoms with Gasteiger partial charge in [-0.05, 0) is 103 Å². The molecule has 2 amide bonds. The summed E-state index contributed by atoms with van der Waals surface area (Å²) in [7, 11) is 2.82. The van der Waals surface area contributed by atoms with Crippen molar-refractivity contribution in [3.05, 3.63) is 84.6 Å². The Kier molecular flexibility index (Phi) is 8.19. The summed E-state index contributed by atoms with van der Waals surface area (Å²) in [4.78, 5) is 45.0. The number of alkyl carbamates (subject to hydrolysis) is 1. The van der Waals surface area contributed by atoms with Gasteiger partial charge in [0.05, 0.1) is 48.2 Å². The molecule has 0 spiro atoms. The summed E-state index contributed by atoms with van der Waals surface area (Å²) in [6.45, 7) is 2.82. The maximum atomic E-state index is 14.0. The summed E-state index contributed by atoms with van der Waals surface area (Å²) in [6, 6.07) is 23.4. The number of nitrogens with zero attached hydrogens (tertiary/aromatic N) is 3. The van der Waals surface area contributed by atoms with Crippen LogP contribution in [-0.2, 0) is 14.3 Å². The number of benzene rings is 4. The Bertz CT molecular complexity index is 2320. The monoisotopic (exact) mass is 697 g/mol. The molecule has 4 N–H and O–H groups in total. The van der Waals surface area contributed by atoms with Gasteiger partial charge >= 0.3 is 6.09 Å². The van der Waals surface area contributed by atoms with Gasteiger partial charge in [0.2, 0.25) is 5.91 Å². The Morgan fingerprint density at radius 2 is 1.63 bits per heavy atom. The third-order valence-electron chi connectivity index (χ3n) is 11.6. The lowest BCUT2D eigenvalue weighted by Gasteiger charge is -2.37. The smallest absolute Gasteiger partial charge is 0.407 e. The topological polar surface area (TPSA) is 137 Å². The predicted molar refractivity (Wildman–Crippen MR) is 201 cm³/mol. The van der Waals surface area contributed by atoms with Gasteiger partial charge in [0, 0.05) is 24.1 Å². The van der Waals surface area contributed by atoms with Crippen LogP contribution in [0, 0.1) is 5.92 Å². The van der Waals surface area contributed by atoms with Crippen molar-refractivity contribution in [2.24, 2.45) is 5.92 Å². The number of methoxy groups -OCH3 is 2. The molecule has 11 heteroatoms. The highest BCUT2D eigenvalue weighted by molar-refractivity contribution is 6.05. The molecule has 2 bridgehead atoms. The number of H-pyrrole nitrogens is 2. The first-order valence-corrected chi connectivity index (χ1v) is 18.3. The third-order valence-corrected chi connectivity index (χ3v) is 11.6. The summed E-state index contributed by atoms with van der Waals surface area (Å²) in [5.74, 6) is 1.92. The number of piperidine rings is 1. The highest BCUT2D eigenvalue weighted by Gasteiger charge is 2.52. The number of amides is 2. The highest BCUT2D eigenvalue weighted by Crippen LogP contribution is 2.50. The molecule has 6 aromatic rings. The van der Waals surface area contributed by atoms with Gasteiger partial charge in [0.25, 0.3) is 0 Å². The van der Waals surface area contributed by atoms with E-state index in [9.17, 15) is 9.59 Å². The van der Waals surface area contributed by atoms with Crippen LogP contribution in [0.5, 0.6) is 0 Å². The maximum absolute atomic E-state index is 14.0. The summed E-state index contributed by atoms with van der Waals surface area (Å²) in [6.07, 6.45) is 5.86. The standard InChI is InChI=1S/C41H43N7O4/c1-22(51-2)35(47-41(50)52-3)40(49)48-30-13-10-29(20-30)37(48)39-43-21-34(45-39)28-9-8-24-17-23(6-7-25(24)19-28)26-11-14-31-27(18-26)12-15-32-36(31)46-38(44-32)33-5-4-16-42-33/h6-9,11-12,14-15,17-19,21-22,29-30,33,35,37,42H,4-5,10,13,16,20H2,1-3H3,(H,43,45)(H,44,46)(H,47,50)/t22-,29+,30-,33+,35+,37+/m1/s1. The first-order chi connectivity index (χ1) is 25.4. The molecule has 2 aliphatic heterocycles. The molecule has 52 heavy (non-hydrogen) atoms. The first kappa shape index (κ1) is 32.6. The van der Waals surface area contributed by atoms with Gasteiger partial charge in [-0.25, -0.2) is 14.8 Å². The molecule has 3 aliphatic rings. The van der Waals surface area contributed by atoms with Gasteiger partial charge in [-0.3, -0.25) is 4.79 Å². The second-order valence-electron chi connectivity index (χ2n) is 14.6. The molecule has 3 fully saturated rings. The molecule has 266 valence electrons. The Morgan fingerprint density at radius 3 is 2.40 bits per heavy atom. The van der Waals surface area contributed by atoms with Crippen LogP contribution < -0.4 is 10.6 Å². The Balaban J connectivity index is 0.968. The van der Waals surface area contributed by atoms with Crippen molar-refractivity contribution in [3.63, 3.8) is 0 Å². The number of hydrogen-bond acceptors (Lipinski definition) is 7. The second-order valence-corrected chi connectivity index (χ2v) is 14.6. The normalized spacial score (nSPS) is 22.4. The SMILES string of the molecule is COC(=O)N[C@H](C(=O)N1[C@@H]2CC[C@@H](C2)[C@H]1c1ncc(-c2ccc3cc(-c4ccc5c(ccc6[nH]c([C@@H]7CCCN7)nc65)c4)ccc3c2)[nH]1)[C@@H](C)OC. The number of hydrogen-bond donors (Lipinski definition) is 4. The van der Waals surface area contributed by atoms with Crippen molar-refractivity contribution < 1.29 is 19.1 Å². The Hall–Kier alpha value is -5.26. The number of likely N-dealkylation sites (tertiary alicyclic amines) is 1. The fourth-order valence-corrected chi connectivity index (χ4v) is 8.83. The number of rotatable bonds is 8. The average molecular weight is 698 g/mol. The molecule has 4 heterocycles. The lowest BCUT2D eigenvalue weighted by Crippen LogP contribution is -2.56. The fourth-order valence-electron chi connectivity index (χ4n) is 8.83. The number of ether oxygens (including phenoxy) is 2. The number of aromatic amines is 2. The number of fused-ring (bicyclic) bond motifs is 6. The summed E-state index contributed by atoms with van der Waals surface area (Å²) in [5.41, 5.74) is 6.36. The lowest BCUT2D eigenvalue weighted by molar-refractivity contribution is -0.141. The van der Waals surface area contributed by atoms with Crippen LogP contribution in [0.15, 0.2) is 72.9 Å². The Morgan fingerprint density at radius 1 is 0.885 bits per heavy atom. The van der Waals surface area contributed by atoms with E-state index in [1.54, 1.807) is 6.92 Å². The van der Waals surface area contributed by atoms with Crippen molar-refractivity contribution >= 4 is 44.6 Å². The lowest BCUT2D eigenvalue weighted by atomic mass is 9.96. The van der Waals surface area contributed by atoms with Crippen LogP contribution in [-0.4, -0.2) is 75.8 Å². The van der Waals surface area contributed by atoms with Crippen molar-refractivity contribution in [2.45, 2.75) is 69.3 Å². The molecule has 1 saturated carbocycles. The van der Waals surface area contributed by atoms with E-state index in [1.165, 1.54) is 26.0 Å². The van der Waals surface area contributed by atoms with Gasteiger partial charge in [-0.15, -0.1) is 0 Å². The van der Waals surface area contributed by atoms with Crippen molar-refractivity contribution in [2.75, 3.05) is 20.8 Å². The summed E-state index contributed by atoms with van der Waals surface area (Å²) >= 11 is 0. The van der Waals surface area contributed by atoms with E-state index in [2.05, 4.69) is 87.3 Å². The van der Waals surface area contributed by atoms with E-state index in [0.29, 0.717) is 12.0 Å². The largest absolute Gasteiger partial charge is 0.453 e. The van der Waals surface area contributed by atoms with Crippen molar-refractivity contribution in [3.8, 4) is 22.4 Å². The van der Waals surface area contributed by atoms with E-state index < -0.39 is 18.2 Å². The van der Waals surface area contributed by atoms with E-state index in [4.69, 9.17) is 19.4 Å². The molecule has 2 saturated heterocycles. The average Bonchev–Trinajstić information content (AvgIpc) is 4.03. The molecule has 9 rings (SSSR count). The molecule has 1 aliphatic carbocycles. The van der Waals surface area contributed by atoms with Crippen LogP contribution in [0.4, 0.5) is 4.79 Å². The van der Waals surface area contributed by atoms with E-state index in [0.717, 1.165) is 93.5 Å². The van der Waals surface area contributed by atoms with Gasteiger partial charge in [0.1, 0.15) is 17.7 Å². The molecule has 11 nitrogen and oxygen atoms in total. The highest BCUT2D eigenvalue weighted by atomic mass is 16.5. The van der Waals surface area contributed by atoms with Gasteiger partial charge in [-0.2, -0.15) is 0 Å². The number of nitrogens with one attached hydrogen (secondary N) is 4. The third kappa shape index (κ3) is 5.59.